The molecule has 0 atom stereocenters. The second-order valence-electron chi connectivity index (χ2n) is 5.39. The summed E-state index contributed by atoms with van der Waals surface area (Å²) in [7, 11) is 1.72. The number of amides is 2. The van der Waals surface area contributed by atoms with E-state index in [2.05, 4.69) is 10.3 Å². The van der Waals surface area contributed by atoms with E-state index >= 15 is 0 Å². The number of benzene rings is 1. The number of likely N-dealkylation sites (N-methyl/N-ethyl adjacent to an activating group) is 1. The molecule has 0 unspecified atom stereocenters. The van der Waals surface area contributed by atoms with Gasteiger partial charge in [0.2, 0.25) is 5.91 Å². The highest BCUT2D eigenvalue weighted by Crippen LogP contribution is 2.37. The number of aromatic nitrogens is 1. The zero-order valence-corrected chi connectivity index (χ0v) is 14.0. The molecule has 122 valence electrons. The van der Waals surface area contributed by atoms with E-state index in [-0.39, 0.29) is 11.8 Å². The van der Waals surface area contributed by atoms with E-state index in [0.717, 1.165) is 16.3 Å². The van der Waals surface area contributed by atoms with Gasteiger partial charge in [0.05, 0.1) is 10.6 Å². The summed E-state index contributed by atoms with van der Waals surface area (Å²) in [6.07, 6.45) is 3.81. The quantitative estimate of drug-likeness (QED) is 0.870. The van der Waals surface area contributed by atoms with Crippen molar-refractivity contribution in [2.75, 3.05) is 18.9 Å². The lowest BCUT2D eigenvalue weighted by atomic mass is 10.2. The fraction of sp³-hybridized carbons (Fsp3) is 0.167. The van der Waals surface area contributed by atoms with Gasteiger partial charge in [-0.1, -0.05) is 30.0 Å². The molecule has 24 heavy (non-hydrogen) atoms. The smallest absolute Gasteiger partial charge is 0.262 e. The van der Waals surface area contributed by atoms with E-state index in [4.69, 9.17) is 0 Å². The molecule has 1 N–H and O–H groups in total. The molecule has 3 rings (SSSR count). The van der Waals surface area contributed by atoms with Gasteiger partial charge in [-0.25, -0.2) is 0 Å². The minimum atomic E-state index is -0.245. The van der Waals surface area contributed by atoms with Crippen molar-refractivity contribution in [1.29, 1.82) is 0 Å². The number of carbonyl (C=O) groups excluding carboxylic acids is 2. The minimum Gasteiger partial charge on any atom is -0.342 e. The zero-order valence-electron chi connectivity index (χ0n) is 13.2. The molecule has 1 aromatic heterocycles. The fourth-order valence-electron chi connectivity index (χ4n) is 2.26. The van der Waals surface area contributed by atoms with Crippen molar-refractivity contribution in [2.45, 2.75) is 11.3 Å². The van der Waals surface area contributed by atoms with E-state index < -0.39 is 0 Å². The molecule has 2 heterocycles. The van der Waals surface area contributed by atoms with Gasteiger partial charge >= 0.3 is 0 Å². The lowest BCUT2D eigenvalue weighted by molar-refractivity contribution is -0.125. The molecule has 2 aromatic rings. The summed E-state index contributed by atoms with van der Waals surface area (Å²) in [5.41, 5.74) is 1.71. The number of thioether (sulfide) groups is 1. The van der Waals surface area contributed by atoms with Gasteiger partial charge in [0.25, 0.3) is 5.91 Å². The van der Waals surface area contributed by atoms with Crippen LogP contribution in [0.3, 0.4) is 0 Å². The third kappa shape index (κ3) is 3.83. The number of nitrogens with zero attached hydrogens (tertiary/aromatic N) is 2. The Morgan fingerprint density at radius 3 is 2.83 bits per heavy atom. The molecular formula is C18H17N3O2S. The second-order valence-corrected chi connectivity index (χ2v) is 6.48. The number of hydrogen-bond donors (Lipinski definition) is 1. The van der Waals surface area contributed by atoms with Gasteiger partial charge in [0.1, 0.15) is 0 Å². The monoisotopic (exact) mass is 339 g/mol. The van der Waals surface area contributed by atoms with Crippen LogP contribution in [0.15, 0.2) is 64.5 Å². The van der Waals surface area contributed by atoms with Crippen LogP contribution in [0.4, 0.5) is 5.69 Å². The van der Waals surface area contributed by atoms with Crippen molar-refractivity contribution < 1.29 is 9.59 Å². The van der Waals surface area contributed by atoms with Gasteiger partial charge in [-0.3, -0.25) is 14.6 Å². The van der Waals surface area contributed by atoms with Gasteiger partial charge in [-0.2, -0.15) is 0 Å². The highest BCUT2D eigenvalue weighted by Gasteiger charge is 2.22. The number of rotatable bonds is 4. The van der Waals surface area contributed by atoms with Crippen LogP contribution in [0.5, 0.6) is 0 Å². The molecule has 1 aliphatic heterocycles. The van der Waals surface area contributed by atoms with Gasteiger partial charge < -0.3 is 10.2 Å². The van der Waals surface area contributed by atoms with Crippen LogP contribution < -0.4 is 5.32 Å². The lowest BCUT2D eigenvalue weighted by Crippen LogP contribution is -2.28. The van der Waals surface area contributed by atoms with Crippen LogP contribution >= 0.6 is 11.8 Å². The molecule has 6 heteroatoms. The summed E-state index contributed by atoms with van der Waals surface area (Å²) in [5.74, 6) is -0.437. The Balaban J connectivity index is 1.65. The molecule has 1 aliphatic rings. The SMILES string of the molecule is CN(CCc1ccccn1)C(=O)/C=C1/Sc2ccccc2NC1=O. The molecule has 0 aliphatic carbocycles. The largest absolute Gasteiger partial charge is 0.342 e. The number of fused-ring (bicyclic) bond motifs is 1. The summed E-state index contributed by atoms with van der Waals surface area (Å²) in [4.78, 5) is 31.6. The van der Waals surface area contributed by atoms with Crippen molar-refractivity contribution in [2.24, 2.45) is 0 Å². The van der Waals surface area contributed by atoms with Crippen LogP contribution in [0.2, 0.25) is 0 Å². The summed E-state index contributed by atoms with van der Waals surface area (Å²) >= 11 is 1.31. The third-order valence-corrected chi connectivity index (χ3v) is 4.74. The van der Waals surface area contributed by atoms with Crippen LogP contribution in [-0.2, 0) is 16.0 Å². The van der Waals surface area contributed by atoms with Gasteiger partial charge in [0.15, 0.2) is 0 Å². The molecule has 0 saturated heterocycles. The lowest BCUT2D eigenvalue weighted by Gasteiger charge is -2.19. The number of para-hydroxylation sites is 1. The normalized spacial score (nSPS) is 14.9. The molecule has 0 bridgehead atoms. The molecule has 0 saturated carbocycles. The van der Waals surface area contributed by atoms with Gasteiger partial charge in [0, 0.05) is 42.9 Å². The maximum atomic E-state index is 12.3. The third-order valence-electron chi connectivity index (χ3n) is 3.64. The van der Waals surface area contributed by atoms with E-state index in [1.807, 2.05) is 42.5 Å². The van der Waals surface area contributed by atoms with Crippen molar-refractivity contribution in [3.8, 4) is 0 Å². The molecule has 2 amide bonds. The van der Waals surface area contributed by atoms with Crippen molar-refractivity contribution >= 4 is 29.3 Å². The molecule has 0 radical (unpaired) electrons. The van der Waals surface area contributed by atoms with E-state index in [1.54, 1.807) is 18.1 Å². The Hall–Kier alpha value is -2.60. The van der Waals surface area contributed by atoms with E-state index in [1.165, 1.54) is 17.8 Å². The average molecular weight is 339 g/mol. The first-order chi connectivity index (χ1) is 11.6. The number of hydrogen-bond acceptors (Lipinski definition) is 4. The van der Waals surface area contributed by atoms with E-state index in [0.29, 0.717) is 17.9 Å². The van der Waals surface area contributed by atoms with Crippen LogP contribution in [0.25, 0.3) is 0 Å². The van der Waals surface area contributed by atoms with Gasteiger partial charge in [-0.15, -0.1) is 0 Å². The summed E-state index contributed by atoms with van der Waals surface area (Å²) in [5, 5.41) is 2.80. The predicted octanol–water partition coefficient (Wildman–Crippen LogP) is 2.71. The molecule has 0 spiro atoms. The Labute approximate surface area is 144 Å². The fourth-order valence-corrected chi connectivity index (χ4v) is 3.18. The first kappa shape index (κ1) is 16.3. The Morgan fingerprint density at radius 2 is 2.04 bits per heavy atom. The van der Waals surface area contributed by atoms with E-state index in [9.17, 15) is 9.59 Å². The topological polar surface area (TPSA) is 62.3 Å². The zero-order chi connectivity index (χ0) is 16.9. The maximum Gasteiger partial charge on any atom is 0.262 e. The second kappa shape index (κ2) is 7.31. The highest BCUT2D eigenvalue weighted by molar-refractivity contribution is 8.04. The first-order valence-corrected chi connectivity index (χ1v) is 8.40. The Kier molecular flexibility index (Phi) is 4.96. The number of nitrogens with one attached hydrogen (secondary N) is 1. The number of pyridine rings is 1. The predicted molar refractivity (Wildman–Crippen MR) is 94.6 cm³/mol. The number of anilines is 1. The number of carbonyl (C=O) groups is 2. The molecule has 0 fully saturated rings. The first-order valence-electron chi connectivity index (χ1n) is 7.58. The van der Waals surface area contributed by atoms with Crippen molar-refractivity contribution in [3.05, 3.63) is 65.3 Å². The minimum absolute atomic E-state index is 0.192. The van der Waals surface area contributed by atoms with Crippen molar-refractivity contribution in [3.63, 3.8) is 0 Å². The van der Waals surface area contributed by atoms with Crippen molar-refractivity contribution in [1.82, 2.24) is 9.88 Å². The maximum absolute atomic E-state index is 12.3. The molecular weight excluding hydrogens is 322 g/mol. The van der Waals surface area contributed by atoms with Gasteiger partial charge in [-0.05, 0) is 24.3 Å². The van der Waals surface area contributed by atoms with Crippen LogP contribution in [-0.4, -0.2) is 35.3 Å². The van der Waals surface area contributed by atoms with Crippen LogP contribution in [0.1, 0.15) is 5.69 Å². The molecule has 1 aromatic carbocycles. The average Bonchev–Trinajstić information content (AvgIpc) is 2.61. The Bertz CT molecular complexity index is 790. The highest BCUT2D eigenvalue weighted by atomic mass is 32.2. The Morgan fingerprint density at radius 1 is 1.25 bits per heavy atom. The van der Waals surface area contributed by atoms with Crippen LogP contribution in [0, 0.1) is 0 Å². The standard InChI is InChI=1S/C18H17N3O2S/c1-21(11-9-13-6-4-5-10-19-13)17(22)12-16-18(23)20-14-7-2-3-8-15(14)24-16/h2-8,10,12H,9,11H2,1H3,(H,20,23)/b16-12+. The summed E-state index contributed by atoms with van der Waals surface area (Å²) < 4.78 is 0. The summed E-state index contributed by atoms with van der Waals surface area (Å²) in [6, 6.07) is 13.2. The summed E-state index contributed by atoms with van der Waals surface area (Å²) in [6.45, 7) is 0.544. The molecule has 5 nitrogen and oxygen atoms in total.